The number of halogens is 3. The molecular weight excluding hydrogens is 442 g/mol. The van der Waals surface area contributed by atoms with E-state index in [1.54, 1.807) is 36.4 Å². The largest absolute Gasteiger partial charge is 0.489 e. The summed E-state index contributed by atoms with van der Waals surface area (Å²) >= 11 is 12.0. The summed E-state index contributed by atoms with van der Waals surface area (Å²) < 4.78 is 18.8. The number of H-pyrrole nitrogens is 1. The van der Waals surface area contributed by atoms with E-state index in [2.05, 4.69) is 20.8 Å². The molecule has 0 saturated carbocycles. The second kappa shape index (κ2) is 9.24. The molecule has 3 aromatic carbocycles. The van der Waals surface area contributed by atoms with Crippen molar-refractivity contribution in [3.63, 3.8) is 0 Å². The third kappa shape index (κ3) is 5.25. The van der Waals surface area contributed by atoms with E-state index in [0.717, 1.165) is 16.6 Å². The Morgan fingerprint density at radius 2 is 1.77 bits per heavy atom. The van der Waals surface area contributed by atoms with Crippen molar-refractivity contribution >= 4 is 46.0 Å². The van der Waals surface area contributed by atoms with Gasteiger partial charge in [-0.1, -0.05) is 41.4 Å². The van der Waals surface area contributed by atoms with Crippen molar-refractivity contribution in [2.24, 2.45) is 0 Å². The first-order valence-corrected chi connectivity index (χ1v) is 10.1. The van der Waals surface area contributed by atoms with E-state index in [9.17, 15) is 9.18 Å². The molecule has 0 fully saturated rings. The van der Waals surface area contributed by atoms with Crippen LogP contribution in [0.5, 0.6) is 5.75 Å². The monoisotopic (exact) mass is 458 g/mol. The summed E-state index contributed by atoms with van der Waals surface area (Å²) in [5.41, 5.74) is 2.40. The zero-order valence-corrected chi connectivity index (χ0v) is 17.6. The molecular formula is C22H17Cl2FN4O2. The minimum absolute atomic E-state index is 0.256. The minimum atomic E-state index is -0.431. The van der Waals surface area contributed by atoms with Crippen LogP contribution in [-0.2, 0) is 13.2 Å². The molecule has 0 aliphatic rings. The Morgan fingerprint density at radius 1 is 1.00 bits per heavy atom. The fourth-order valence-electron chi connectivity index (χ4n) is 2.91. The van der Waals surface area contributed by atoms with Gasteiger partial charge in [-0.2, -0.15) is 5.10 Å². The maximum atomic E-state index is 13.0. The summed E-state index contributed by atoms with van der Waals surface area (Å²) in [6, 6.07) is 16.2. The fourth-order valence-corrected chi connectivity index (χ4v) is 3.23. The van der Waals surface area contributed by atoms with Crippen molar-refractivity contribution in [2.75, 3.05) is 5.32 Å². The molecule has 0 radical (unpaired) electrons. The number of urea groups is 1. The Bertz CT molecular complexity index is 1230. The second-order valence-electron chi connectivity index (χ2n) is 6.75. The van der Waals surface area contributed by atoms with Crippen molar-refractivity contribution in [3.8, 4) is 5.75 Å². The van der Waals surface area contributed by atoms with Crippen LogP contribution in [-0.4, -0.2) is 16.2 Å². The maximum absolute atomic E-state index is 13.0. The molecule has 0 saturated heterocycles. The number of anilines is 1. The summed E-state index contributed by atoms with van der Waals surface area (Å²) in [4.78, 5) is 12.2. The summed E-state index contributed by atoms with van der Waals surface area (Å²) in [5.74, 6) is 0.648. The molecule has 0 unspecified atom stereocenters. The Labute approximate surface area is 187 Å². The van der Waals surface area contributed by atoms with E-state index in [1.165, 1.54) is 12.1 Å². The summed E-state index contributed by atoms with van der Waals surface area (Å²) in [5, 5.41) is 14.1. The van der Waals surface area contributed by atoms with Crippen LogP contribution in [0.4, 0.5) is 15.0 Å². The number of benzene rings is 3. The van der Waals surface area contributed by atoms with Crippen molar-refractivity contribution in [1.29, 1.82) is 0 Å². The molecule has 1 heterocycles. The summed E-state index contributed by atoms with van der Waals surface area (Å²) in [6.45, 7) is 0.563. The normalized spacial score (nSPS) is 10.8. The number of carbonyl (C=O) groups is 1. The molecule has 0 aliphatic carbocycles. The lowest BCUT2D eigenvalue weighted by Gasteiger charge is -2.08. The average Bonchev–Trinajstić information content (AvgIpc) is 3.16. The first-order chi connectivity index (χ1) is 15.0. The van der Waals surface area contributed by atoms with Crippen LogP contribution in [0.2, 0.25) is 10.0 Å². The lowest BCUT2D eigenvalue weighted by molar-refractivity contribution is 0.251. The number of hydrogen-bond acceptors (Lipinski definition) is 3. The SMILES string of the molecule is O=C(NCc1ccc(F)cc1)Nc1n[nH]c2ccc(OCc3ccc(Cl)c(Cl)c3)cc12. The van der Waals surface area contributed by atoms with Crippen molar-refractivity contribution in [3.05, 3.63) is 87.7 Å². The molecule has 0 spiro atoms. The predicted octanol–water partition coefficient (Wildman–Crippen LogP) is 5.91. The van der Waals surface area contributed by atoms with Gasteiger partial charge in [0.05, 0.1) is 15.6 Å². The molecule has 158 valence electrons. The third-order valence-electron chi connectivity index (χ3n) is 4.52. The van der Waals surface area contributed by atoms with E-state index in [1.807, 2.05) is 12.1 Å². The molecule has 2 amide bonds. The number of rotatable bonds is 6. The van der Waals surface area contributed by atoms with Gasteiger partial charge in [-0.25, -0.2) is 9.18 Å². The lowest BCUT2D eigenvalue weighted by Crippen LogP contribution is -2.28. The van der Waals surface area contributed by atoms with E-state index >= 15 is 0 Å². The Kier molecular flexibility index (Phi) is 6.25. The standard InChI is InChI=1S/C22H17Cl2FN4O2/c23-18-7-3-14(9-19(18)24)12-31-16-6-8-20-17(10-16)21(29-28-20)27-22(30)26-11-13-1-4-15(25)5-2-13/h1-10H,11-12H2,(H3,26,27,28,29,30). The molecule has 0 aliphatic heterocycles. The number of nitrogens with one attached hydrogen (secondary N) is 3. The average molecular weight is 459 g/mol. The number of ether oxygens (including phenoxy) is 1. The van der Waals surface area contributed by atoms with Crippen LogP contribution in [0.3, 0.4) is 0 Å². The molecule has 4 aromatic rings. The zero-order chi connectivity index (χ0) is 21.8. The van der Waals surface area contributed by atoms with Crippen LogP contribution < -0.4 is 15.4 Å². The second-order valence-corrected chi connectivity index (χ2v) is 7.57. The first-order valence-electron chi connectivity index (χ1n) is 9.32. The first kappa shape index (κ1) is 21.0. The number of fused-ring (bicyclic) bond motifs is 1. The van der Waals surface area contributed by atoms with E-state index < -0.39 is 6.03 Å². The number of aromatic amines is 1. The van der Waals surface area contributed by atoms with Gasteiger partial charge in [0.1, 0.15) is 18.2 Å². The quantitative estimate of drug-likeness (QED) is 0.336. The van der Waals surface area contributed by atoms with Gasteiger partial charge in [0.15, 0.2) is 5.82 Å². The smallest absolute Gasteiger partial charge is 0.320 e. The van der Waals surface area contributed by atoms with Gasteiger partial charge in [0.25, 0.3) is 0 Å². The maximum Gasteiger partial charge on any atom is 0.320 e. The van der Waals surface area contributed by atoms with E-state index in [-0.39, 0.29) is 12.4 Å². The Balaban J connectivity index is 1.40. The van der Waals surface area contributed by atoms with Crippen LogP contribution >= 0.6 is 23.2 Å². The highest BCUT2D eigenvalue weighted by atomic mass is 35.5. The van der Waals surface area contributed by atoms with Crippen LogP contribution in [0.1, 0.15) is 11.1 Å². The molecule has 1 aromatic heterocycles. The number of carbonyl (C=O) groups excluding carboxylic acids is 1. The van der Waals surface area contributed by atoms with Gasteiger partial charge in [0.2, 0.25) is 0 Å². The van der Waals surface area contributed by atoms with Gasteiger partial charge < -0.3 is 10.1 Å². The van der Waals surface area contributed by atoms with Crippen LogP contribution in [0.25, 0.3) is 10.9 Å². The molecule has 0 bridgehead atoms. The Hall–Kier alpha value is -3.29. The molecule has 31 heavy (non-hydrogen) atoms. The topological polar surface area (TPSA) is 79.0 Å². The number of hydrogen-bond donors (Lipinski definition) is 3. The van der Waals surface area contributed by atoms with Gasteiger partial charge in [-0.05, 0) is 53.6 Å². The Morgan fingerprint density at radius 3 is 2.55 bits per heavy atom. The van der Waals surface area contributed by atoms with Crippen molar-refractivity contribution < 1.29 is 13.9 Å². The van der Waals surface area contributed by atoms with Crippen LogP contribution in [0.15, 0.2) is 60.7 Å². The van der Waals surface area contributed by atoms with Gasteiger partial charge in [-0.15, -0.1) is 0 Å². The highest BCUT2D eigenvalue weighted by Crippen LogP contribution is 2.27. The van der Waals surface area contributed by atoms with E-state index in [0.29, 0.717) is 33.6 Å². The molecule has 4 rings (SSSR count). The highest BCUT2D eigenvalue weighted by molar-refractivity contribution is 6.42. The number of aromatic nitrogens is 2. The van der Waals surface area contributed by atoms with Crippen LogP contribution in [0, 0.1) is 5.82 Å². The zero-order valence-electron chi connectivity index (χ0n) is 16.1. The van der Waals surface area contributed by atoms with E-state index in [4.69, 9.17) is 27.9 Å². The van der Waals surface area contributed by atoms with Gasteiger partial charge >= 0.3 is 6.03 Å². The highest BCUT2D eigenvalue weighted by Gasteiger charge is 2.11. The number of amides is 2. The van der Waals surface area contributed by atoms with Crippen molar-refractivity contribution in [1.82, 2.24) is 15.5 Å². The minimum Gasteiger partial charge on any atom is -0.489 e. The predicted molar refractivity (Wildman–Crippen MR) is 119 cm³/mol. The lowest BCUT2D eigenvalue weighted by atomic mass is 10.2. The van der Waals surface area contributed by atoms with Crippen molar-refractivity contribution in [2.45, 2.75) is 13.2 Å². The van der Waals surface area contributed by atoms with Gasteiger partial charge in [0, 0.05) is 11.9 Å². The summed E-state index contributed by atoms with van der Waals surface area (Å²) in [7, 11) is 0. The molecule has 9 heteroatoms. The third-order valence-corrected chi connectivity index (χ3v) is 5.26. The molecule has 0 atom stereocenters. The summed E-state index contributed by atoms with van der Waals surface area (Å²) in [6.07, 6.45) is 0. The number of nitrogens with zero attached hydrogens (tertiary/aromatic N) is 1. The fraction of sp³-hybridized carbons (Fsp3) is 0.0909. The molecule has 6 nitrogen and oxygen atoms in total. The van der Waals surface area contributed by atoms with Gasteiger partial charge in [-0.3, -0.25) is 10.4 Å². The molecule has 3 N–H and O–H groups in total.